The van der Waals surface area contributed by atoms with E-state index >= 15 is 0 Å². The molecule has 2 aromatic rings. The Morgan fingerprint density at radius 2 is 1.84 bits per heavy atom. The number of carbonyl (C=O) groups excluding carboxylic acids is 2. The van der Waals surface area contributed by atoms with Crippen LogP contribution < -0.4 is 10.1 Å². The Bertz CT molecular complexity index is 847. The van der Waals surface area contributed by atoms with Gasteiger partial charge in [0.15, 0.2) is 0 Å². The maximum atomic E-state index is 13.1. The molecule has 1 fully saturated rings. The van der Waals surface area contributed by atoms with Crippen LogP contribution in [0.3, 0.4) is 0 Å². The first kappa shape index (κ1) is 22.9. The Labute approximate surface area is 185 Å². The van der Waals surface area contributed by atoms with Gasteiger partial charge in [0, 0.05) is 19.0 Å². The minimum Gasteiger partial charge on any atom is -0.494 e. The van der Waals surface area contributed by atoms with Crippen molar-refractivity contribution in [3.8, 4) is 5.75 Å². The Morgan fingerprint density at radius 1 is 1.10 bits per heavy atom. The lowest BCUT2D eigenvalue weighted by Gasteiger charge is -2.30. The summed E-state index contributed by atoms with van der Waals surface area (Å²) in [6, 6.07) is 17.4. The molecule has 31 heavy (non-hydrogen) atoms. The second-order valence-electron chi connectivity index (χ2n) is 8.44. The van der Waals surface area contributed by atoms with E-state index in [9.17, 15) is 9.59 Å². The standard InChI is InChI=1S/C26H34N2O3/c1-20-10-8-11-22(18-20)19-28(21(2)26(30)27-23-12-6-7-13-23)25(29)16-9-17-31-24-14-4-3-5-15-24/h3-5,8,10-11,14-15,18,21,23H,6-7,9,12-13,16-17,19H2,1-2H3,(H,27,30)/t21-/m1/s1. The summed E-state index contributed by atoms with van der Waals surface area (Å²) in [5.74, 6) is 0.719. The highest BCUT2D eigenvalue weighted by molar-refractivity contribution is 5.87. The van der Waals surface area contributed by atoms with Crippen molar-refractivity contribution in [2.24, 2.45) is 0 Å². The van der Waals surface area contributed by atoms with Crippen molar-refractivity contribution in [1.29, 1.82) is 0 Å². The van der Waals surface area contributed by atoms with Crippen LogP contribution in [0.25, 0.3) is 0 Å². The van der Waals surface area contributed by atoms with Crippen molar-refractivity contribution >= 4 is 11.8 Å². The molecule has 0 radical (unpaired) electrons. The van der Waals surface area contributed by atoms with Gasteiger partial charge in [-0.3, -0.25) is 9.59 Å². The Kier molecular flexibility index (Phi) is 8.51. The fourth-order valence-corrected chi connectivity index (χ4v) is 4.06. The summed E-state index contributed by atoms with van der Waals surface area (Å²) in [7, 11) is 0. The highest BCUT2D eigenvalue weighted by atomic mass is 16.5. The molecule has 0 aromatic heterocycles. The molecule has 2 aromatic carbocycles. The fourth-order valence-electron chi connectivity index (χ4n) is 4.06. The zero-order valence-electron chi connectivity index (χ0n) is 18.7. The molecule has 0 aliphatic heterocycles. The average molecular weight is 423 g/mol. The third-order valence-corrected chi connectivity index (χ3v) is 5.85. The van der Waals surface area contributed by atoms with E-state index in [1.165, 1.54) is 0 Å². The van der Waals surface area contributed by atoms with E-state index in [1.54, 1.807) is 4.90 Å². The third kappa shape index (κ3) is 7.12. The number of ether oxygens (including phenoxy) is 1. The lowest BCUT2D eigenvalue weighted by molar-refractivity contribution is -0.141. The summed E-state index contributed by atoms with van der Waals surface area (Å²) in [5, 5.41) is 3.14. The van der Waals surface area contributed by atoms with Crippen LogP contribution in [0.1, 0.15) is 56.6 Å². The third-order valence-electron chi connectivity index (χ3n) is 5.85. The van der Waals surface area contributed by atoms with Gasteiger partial charge in [0.2, 0.25) is 11.8 Å². The van der Waals surface area contributed by atoms with E-state index < -0.39 is 6.04 Å². The zero-order valence-corrected chi connectivity index (χ0v) is 18.7. The molecule has 0 bridgehead atoms. The minimum atomic E-state index is -0.511. The normalized spacial score (nSPS) is 14.8. The number of nitrogens with zero attached hydrogens (tertiary/aromatic N) is 1. The van der Waals surface area contributed by atoms with Crippen molar-refractivity contribution in [2.45, 2.75) is 71.0 Å². The van der Waals surface area contributed by atoms with E-state index in [-0.39, 0.29) is 17.9 Å². The first-order valence-electron chi connectivity index (χ1n) is 11.4. The van der Waals surface area contributed by atoms with Crippen LogP contribution >= 0.6 is 0 Å². The van der Waals surface area contributed by atoms with E-state index in [1.807, 2.05) is 62.4 Å². The summed E-state index contributed by atoms with van der Waals surface area (Å²) in [5.41, 5.74) is 2.18. The van der Waals surface area contributed by atoms with E-state index in [0.29, 0.717) is 26.0 Å². The van der Waals surface area contributed by atoms with Gasteiger partial charge in [-0.05, 0) is 50.8 Å². The van der Waals surface area contributed by atoms with E-state index in [2.05, 4.69) is 11.4 Å². The summed E-state index contributed by atoms with van der Waals surface area (Å²) in [6.45, 7) is 4.77. The number of hydrogen-bond acceptors (Lipinski definition) is 3. The molecule has 0 heterocycles. The number of carbonyl (C=O) groups is 2. The second kappa shape index (κ2) is 11.5. The molecule has 1 atom stereocenters. The van der Waals surface area contributed by atoms with Crippen molar-refractivity contribution < 1.29 is 14.3 Å². The van der Waals surface area contributed by atoms with Gasteiger partial charge >= 0.3 is 0 Å². The lowest BCUT2D eigenvalue weighted by atomic mass is 10.1. The molecule has 2 amide bonds. The fraction of sp³-hybridized carbons (Fsp3) is 0.462. The van der Waals surface area contributed by atoms with Gasteiger partial charge in [-0.15, -0.1) is 0 Å². The molecule has 0 spiro atoms. The molecular formula is C26H34N2O3. The second-order valence-corrected chi connectivity index (χ2v) is 8.44. The van der Waals surface area contributed by atoms with Crippen LogP contribution in [0.4, 0.5) is 0 Å². The SMILES string of the molecule is Cc1cccc(CN(C(=O)CCCOc2ccccc2)[C@H](C)C(=O)NC2CCCC2)c1. The number of hydrogen-bond donors (Lipinski definition) is 1. The molecule has 3 rings (SSSR count). The van der Waals surface area contributed by atoms with Gasteiger partial charge in [-0.1, -0.05) is 60.9 Å². The molecule has 0 saturated heterocycles. The van der Waals surface area contributed by atoms with Crippen molar-refractivity contribution in [3.05, 3.63) is 65.7 Å². The van der Waals surface area contributed by atoms with E-state index in [0.717, 1.165) is 42.6 Å². The molecule has 1 saturated carbocycles. The van der Waals surface area contributed by atoms with Crippen LogP contribution in [0.15, 0.2) is 54.6 Å². The number of rotatable bonds is 10. The smallest absolute Gasteiger partial charge is 0.242 e. The van der Waals surface area contributed by atoms with E-state index in [4.69, 9.17) is 4.74 Å². The number of para-hydroxylation sites is 1. The number of nitrogens with one attached hydrogen (secondary N) is 1. The first-order valence-corrected chi connectivity index (χ1v) is 11.4. The quantitative estimate of drug-likeness (QED) is 0.568. The number of benzene rings is 2. The lowest BCUT2D eigenvalue weighted by Crippen LogP contribution is -2.49. The van der Waals surface area contributed by atoms with Crippen molar-refractivity contribution in [3.63, 3.8) is 0 Å². The van der Waals surface area contributed by atoms with Crippen molar-refractivity contribution in [1.82, 2.24) is 10.2 Å². The molecule has 166 valence electrons. The van der Waals surface area contributed by atoms with Gasteiger partial charge in [0.25, 0.3) is 0 Å². The Hall–Kier alpha value is -2.82. The van der Waals surface area contributed by atoms with Gasteiger partial charge in [0.1, 0.15) is 11.8 Å². The zero-order chi connectivity index (χ0) is 22.1. The maximum Gasteiger partial charge on any atom is 0.242 e. The summed E-state index contributed by atoms with van der Waals surface area (Å²) < 4.78 is 5.72. The monoisotopic (exact) mass is 422 g/mol. The predicted molar refractivity (Wildman–Crippen MR) is 123 cm³/mol. The van der Waals surface area contributed by atoms with Crippen LogP contribution in [-0.2, 0) is 16.1 Å². The Morgan fingerprint density at radius 3 is 2.55 bits per heavy atom. The summed E-state index contributed by atoms with van der Waals surface area (Å²) in [4.78, 5) is 27.7. The maximum absolute atomic E-state index is 13.1. The van der Waals surface area contributed by atoms with Crippen LogP contribution in [0.2, 0.25) is 0 Å². The van der Waals surface area contributed by atoms with Crippen LogP contribution in [-0.4, -0.2) is 35.4 Å². The molecule has 5 heteroatoms. The number of amides is 2. The van der Waals surface area contributed by atoms with Crippen molar-refractivity contribution in [2.75, 3.05) is 6.61 Å². The van der Waals surface area contributed by atoms with Gasteiger partial charge in [-0.2, -0.15) is 0 Å². The molecule has 1 aliphatic carbocycles. The average Bonchev–Trinajstić information content (AvgIpc) is 3.28. The van der Waals surface area contributed by atoms with Gasteiger partial charge in [-0.25, -0.2) is 0 Å². The molecule has 1 aliphatic rings. The first-order chi connectivity index (χ1) is 15.0. The molecule has 5 nitrogen and oxygen atoms in total. The van der Waals surface area contributed by atoms with Crippen LogP contribution in [0, 0.1) is 6.92 Å². The Balaban J connectivity index is 1.60. The van der Waals surface area contributed by atoms with Gasteiger partial charge < -0.3 is 15.0 Å². The largest absolute Gasteiger partial charge is 0.494 e. The minimum absolute atomic E-state index is 0.0211. The summed E-state index contributed by atoms with van der Waals surface area (Å²) >= 11 is 0. The predicted octanol–water partition coefficient (Wildman–Crippen LogP) is 4.63. The molecule has 1 N–H and O–H groups in total. The highest BCUT2D eigenvalue weighted by Gasteiger charge is 2.28. The summed E-state index contributed by atoms with van der Waals surface area (Å²) in [6.07, 6.45) is 5.33. The molecular weight excluding hydrogens is 388 g/mol. The number of aryl methyl sites for hydroxylation is 1. The topological polar surface area (TPSA) is 58.6 Å². The van der Waals surface area contributed by atoms with Crippen LogP contribution in [0.5, 0.6) is 5.75 Å². The molecule has 0 unspecified atom stereocenters. The highest BCUT2D eigenvalue weighted by Crippen LogP contribution is 2.19. The van der Waals surface area contributed by atoms with Gasteiger partial charge in [0.05, 0.1) is 6.61 Å².